The van der Waals surface area contributed by atoms with Crippen LogP contribution < -0.4 is 10.2 Å². The third-order valence-electron chi connectivity index (χ3n) is 4.98. The fraction of sp³-hybridized carbons (Fsp3) is 0.474. The molecule has 25 heavy (non-hydrogen) atoms. The molecule has 6 heteroatoms. The van der Waals surface area contributed by atoms with E-state index >= 15 is 0 Å². The number of nitrogens with zero attached hydrogens (tertiary/aromatic N) is 2. The maximum Gasteiger partial charge on any atom is 0.139 e. The molecule has 3 heterocycles. The SMILES string of the molecule is Cc1nc(NC[C@@H](c2cccs2)[NH+](C)C)c2c3c(sc2n1)CCCC3. The fourth-order valence-electron chi connectivity index (χ4n) is 3.67. The molecule has 0 saturated carbocycles. The van der Waals surface area contributed by atoms with Gasteiger partial charge in [0.25, 0.3) is 0 Å². The molecule has 3 aromatic heterocycles. The normalized spacial score (nSPS) is 15.5. The van der Waals surface area contributed by atoms with E-state index in [2.05, 4.69) is 36.9 Å². The van der Waals surface area contributed by atoms with Crippen LogP contribution in [0.1, 0.15) is 40.0 Å². The average Bonchev–Trinajstić information content (AvgIpc) is 3.21. The summed E-state index contributed by atoms with van der Waals surface area (Å²) in [5, 5.41) is 7.12. The smallest absolute Gasteiger partial charge is 0.139 e. The van der Waals surface area contributed by atoms with Gasteiger partial charge in [-0.15, -0.1) is 22.7 Å². The Hall–Kier alpha value is -1.50. The number of aryl methyl sites for hydroxylation is 3. The Kier molecular flexibility index (Phi) is 4.75. The van der Waals surface area contributed by atoms with E-state index in [1.54, 1.807) is 0 Å². The quantitative estimate of drug-likeness (QED) is 0.721. The minimum absolute atomic E-state index is 0.430. The number of hydrogen-bond donors (Lipinski definition) is 2. The van der Waals surface area contributed by atoms with Gasteiger partial charge in [-0.2, -0.15) is 0 Å². The van der Waals surface area contributed by atoms with Gasteiger partial charge < -0.3 is 10.2 Å². The van der Waals surface area contributed by atoms with E-state index in [0.717, 1.165) is 23.0 Å². The van der Waals surface area contributed by atoms with Gasteiger partial charge in [0, 0.05) is 4.88 Å². The largest absolute Gasteiger partial charge is 0.363 e. The summed E-state index contributed by atoms with van der Waals surface area (Å²) >= 11 is 3.71. The molecule has 132 valence electrons. The van der Waals surface area contributed by atoms with Gasteiger partial charge in [0.1, 0.15) is 22.5 Å². The summed E-state index contributed by atoms with van der Waals surface area (Å²) in [6, 6.07) is 4.80. The topological polar surface area (TPSA) is 42.2 Å². The number of quaternary nitrogens is 1. The Morgan fingerprint density at radius 3 is 2.84 bits per heavy atom. The van der Waals surface area contributed by atoms with E-state index in [-0.39, 0.29) is 0 Å². The molecule has 0 spiro atoms. The van der Waals surface area contributed by atoms with Gasteiger partial charge in [-0.1, -0.05) is 6.07 Å². The number of thiophene rings is 2. The summed E-state index contributed by atoms with van der Waals surface area (Å²) < 4.78 is 0. The lowest BCUT2D eigenvalue weighted by Gasteiger charge is -2.21. The number of nitrogens with one attached hydrogen (secondary N) is 2. The van der Waals surface area contributed by atoms with Gasteiger partial charge in [-0.25, -0.2) is 9.97 Å². The highest BCUT2D eigenvalue weighted by Gasteiger charge is 2.23. The Bertz CT molecular complexity index is 867. The monoisotopic (exact) mass is 373 g/mol. The number of aromatic nitrogens is 2. The lowest BCUT2D eigenvalue weighted by Crippen LogP contribution is -3.06. The molecule has 4 rings (SSSR count). The molecule has 0 amide bonds. The molecule has 0 saturated heterocycles. The maximum absolute atomic E-state index is 4.77. The van der Waals surface area contributed by atoms with E-state index in [1.165, 1.54) is 51.3 Å². The van der Waals surface area contributed by atoms with Crippen LogP contribution in [0.4, 0.5) is 5.82 Å². The zero-order valence-electron chi connectivity index (χ0n) is 15.1. The van der Waals surface area contributed by atoms with Crippen molar-refractivity contribution < 1.29 is 4.90 Å². The summed E-state index contributed by atoms with van der Waals surface area (Å²) in [5.41, 5.74) is 1.50. The predicted octanol–water partition coefficient (Wildman–Crippen LogP) is 3.24. The van der Waals surface area contributed by atoms with Gasteiger partial charge in [0.2, 0.25) is 0 Å². The van der Waals surface area contributed by atoms with E-state index in [9.17, 15) is 0 Å². The lowest BCUT2D eigenvalue weighted by atomic mass is 9.97. The second-order valence-corrected chi connectivity index (χ2v) is 9.10. The third-order valence-corrected chi connectivity index (χ3v) is 7.16. The van der Waals surface area contributed by atoms with Crippen molar-refractivity contribution in [1.29, 1.82) is 0 Å². The van der Waals surface area contributed by atoms with Gasteiger partial charge in [-0.3, -0.25) is 0 Å². The summed E-state index contributed by atoms with van der Waals surface area (Å²) in [4.78, 5) is 15.0. The molecule has 0 radical (unpaired) electrons. The summed E-state index contributed by atoms with van der Waals surface area (Å²) in [5.74, 6) is 1.89. The summed E-state index contributed by atoms with van der Waals surface area (Å²) in [6.07, 6.45) is 4.96. The van der Waals surface area contributed by atoms with E-state index in [0.29, 0.717) is 6.04 Å². The first-order valence-electron chi connectivity index (χ1n) is 8.99. The van der Waals surface area contributed by atoms with Crippen LogP contribution in [0.5, 0.6) is 0 Å². The van der Waals surface area contributed by atoms with Crippen molar-refractivity contribution >= 4 is 38.7 Å². The first-order chi connectivity index (χ1) is 12.1. The van der Waals surface area contributed by atoms with Crippen molar-refractivity contribution in [2.45, 2.75) is 38.6 Å². The number of hydrogen-bond acceptors (Lipinski definition) is 5. The standard InChI is InChI=1S/C19H24N4S2/c1-12-21-18(20-11-14(23(2)3)16-9-6-10-24-16)17-13-7-4-5-8-15(13)25-19(17)22-12/h6,9-10,14H,4-5,7-8,11H2,1-3H3,(H,20,21,22)/p+1/t14-/m0/s1. The molecular formula is C19H25N4S2+. The molecular weight excluding hydrogens is 348 g/mol. The van der Waals surface area contributed by atoms with Gasteiger partial charge in [-0.05, 0) is 49.6 Å². The van der Waals surface area contributed by atoms with Crippen molar-refractivity contribution in [3.8, 4) is 0 Å². The molecule has 0 aliphatic heterocycles. The van der Waals surface area contributed by atoms with Crippen molar-refractivity contribution in [2.24, 2.45) is 0 Å². The van der Waals surface area contributed by atoms with Crippen molar-refractivity contribution in [1.82, 2.24) is 9.97 Å². The zero-order valence-corrected chi connectivity index (χ0v) is 16.7. The van der Waals surface area contributed by atoms with Crippen LogP contribution in [0.2, 0.25) is 0 Å². The molecule has 4 nitrogen and oxygen atoms in total. The van der Waals surface area contributed by atoms with Crippen molar-refractivity contribution in [3.63, 3.8) is 0 Å². The zero-order chi connectivity index (χ0) is 17.4. The third kappa shape index (κ3) is 3.30. The van der Waals surface area contributed by atoms with Gasteiger partial charge in [0.15, 0.2) is 0 Å². The fourth-order valence-corrected chi connectivity index (χ4v) is 5.93. The van der Waals surface area contributed by atoms with Gasteiger partial charge in [0.05, 0.1) is 30.9 Å². The Morgan fingerprint density at radius 2 is 2.08 bits per heavy atom. The van der Waals surface area contributed by atoms with Crippen LogP contribution in [-0.2, 0) is 12.8 Å². The molecule has 0 bridgehead atoms. The molecule has 3 aromatic rings. The highest BCUT2D eigenvalue weighted by atomic mass is 32.1. The highest BCUT2D eigenvalue weighted by Crippen LogP contribution is 2.38. The molecule has 0 fully saturated rings. The second-order valence-electron chi connectivity index (χ2n) is 7.04. The van der Waals surface area contributed by atoms with Crippen LogP contribution in [0.25, 0.3) is 10.2 Å². The highest BCUT2D eigenvalue weighted by molar-refractivity contribution is 7.19. The van der Waals surface area contributed by atoms with E-state index in [1.807, 2.05) is 29.6 Å². The van der Waals surface area contributed by atoms with Crippen LogP contribution in [0, 0.1) is 6.92 Å². The average molecular weight is 374 g/mol. The van der Waals surface area contributed by atoms with Crippen LogP contribution in [-0.4, -0.2) is 30.6 Å². The Balaban J connectivity index is 1.68. The number of anilines is 1. The Morgan fingerprint density at radius 1 is 1.24 bits per heavy atom. The minimum atomic E-state index is 0.430. The Labute approximate surface area is 156 Å². The first-order valence-corrected chi connectivity index (χ1v) is 10.7. The maximum atomic E-state index is 4.77. The van der Waals surface area contributed by atoms with E-state index in [4.69, 9.17) is 9.97 Å². The van der Waals surface area contributed by atoms with Crippen molar-refractivity contribution in [3.05, 3.63) is 38.7 Å². The van der Waals surface area contributed by atoms with E-state index < -0.39 is 0 Å². The van der Waals surface area contributed by atoms with Crippen LogP contribution in [0.3, 0.4) is 0 Å². The second kappa shape index (κ2) is 7.02. The first kappa shape index (κ1) is 16.9. The molecule has 1 atom stereocenters. The molecule has 1 aliphatic carbocycles. The lowest BCUT2D eigenvalue weighted by molar-refractivity contribution is -0.889. The van der Waals surface area contributed by atoms with Crippen molar-refractivity contribution in [2.75, 3.05) is 26.0 Å². The van der Waals surface area contributed by atoms with Gasteiger partial charge >= 0.3 is 0 Å². The number of likely N-dealkylation sites (N-methyl/N-ethyl adjacent to an activating group) is 1. The molecule has 0 unspecified atom stereocenters. The minimum Gasteiger partial charge on any atom is -0.363 e. The molecule has 2 N–H and O–H groups in total. The number of fused-ring (bicyclic) bond motifs is 3. The number of rotatable bonds is 5. The van der Waals surface area contributed by atoms with Crippen LogP contribution >= 0.6 is 22.7 Å². The predicted molar refractivity (Wildman–Crippen MR) is 107 cm³/mol. The molecule has 1 aliphatic rings. The summed E-state index contributed by atoms with van der Waals surface area (Å²) in [6.45, 7) is 2.89. The molecule has 0 aromatic carbocycles. The summed E-state index contributed by atoms with van der Waals surface area (Å²) in [7, 11) is 4.44. The van der Waals surface area contributed by atoms with Crippen LogP contribution in [0.15, 0.2) is 17.5 Å².